The quantitative estimate of drug-likeness (QED) is 0.492. The first-order chi connectivity index (χ1) is 7.99. The largest absolute Gasteiger partial charge is 0.481 e. The van der Waals surface area contributed by atoms with Crippen molar-refractivity contribution in [2.75, 3.05) is 26.8 Å². The predicted octanol–water partition coefficient (Wildman–Crippen LogP) is -0.162. The summed E-state index contributed by atoms with van der Waals surface area (Å²) in [5, 5.41) is 14.5. The van der Waals surface area contributed by atoms with Crippen molar-refractivity contribution >= 4 is 11.9 Å². The standard InChI is InChI=1S/C11H22N2O4/c1-8(11(15)16)9(2)12-5-4-10(14)13-6-7-17-3/h8-9,12H,4-7H2,1-3H3,(H,13,14)(H,15,16). The summed E-state index contributed by atoms with van der Waals surface area (Å²) in [6.45, 7) is 4.89. The Morgan fingerprint density at radius 3 is 2.47 bits per heavy atom. The molecule has 2 unspecified atom stereocenters. The Kier molecular flexibility index (Phi) is 8.35. The van der Waals surface area contributed by atoms with Gasteiger partial charge in [0.1, 0.15) is 0 Å². The molecule has 0 heterocycles. The number of ether oxygens (including phenoxy) is 1. The number of methoxy groups -OCH3 is 1. The van der Waals surface area contributed by atoms with E-state index in [-0.39, 0.29) is 11.9 Å². The fourth-order valence-corrected chi connectivity index (χ4v) is 1.18. The number of carboxylic acid groups (broad SMARTS) is 1. The second kappa shape index (κ2) is 8.95. The number of amides is 1. The van der Waals surface area contributed by atoms with Crippen LogP contribution in [0.4, 0.5) is 0 Å². The van der Waals surface area contributed by atoms with Crippen LogP contribution >= 0.6 is 0 Å². The third kappa shape index (κ3) is 7.70. The van der Waals surface area contributed by atoms with Gasteiger partial charge in [0.15, 0.2) is 0 Å². The zero-order chi connectivity index (χ0) is 13.3. The number of nitrogens with one attached hydrogen (secondary N) is 2. The topological polar surface area (TPSA) is 87.7 Å². The molecule has 0 spiro atoms. The Bertz CT molecular complexity index is 246. The van der Waals surface area contributed by atoms with Gasteiger partial charge in [-0.05, 0) is 6.92 Å². The van der Waals surface area contributed by atoms with Gasteiger partial charge in [-0.1, -0.05) is 6.92 Å². The average Bonchev–Trinajstić information content (AvgIpc) is 2.28. The molecule has 1 amide bonds. The van der Waals surface area contributed by atoms with E-state index < -0.39 is 11.9 Å². The third-order valence-corrected chi connectivity index (χ3v) is 2.59. The van der Waals surface area contributed by atoms with Crippen LogP contribution in [-0.4, -0.2) is 49.8 Å². The zero-order valence-corrected chi connectivity index (χ0v) is 10.7. The molecule has 0 aliphatic rings. The Morgan fingerprint density at radius 2 is 1.94 bits per heavy atom. The van der Waals surface area contributed by atoms with E-state index in [1.54, 1.807) is 21.0 Å². The van der Waals surface area contributed by atoms with Gasteiger partial charge in [0, 0.05) is 32.7 Å². The zero-order valence-electron chi connectivity index (χ0n) is 10.7. The van der Waals surface area contributed by atoms with Gasteiger partial charge in [0.05, 0.1) is 12.5 Å². The van der Waals surface area contributed by atoms with Gasteiger partial charge >= 0.3 is 5.97 Å². The highest BCUT2D eigenvalue weighted by atomic mass is 16.5. The van der Waals surface area contributed by atoms with Crippen molar-refractivity contribution in [3.8, 4) is 0 Å². The monoisotopic (exact) mass is 246 g/mol. The maximum Gasteiger partial charge on any atom is 0.307 e. The van der Waals surface area contributed by atoms with E-state index in [0.717, 1.165) is 0 Å². The van der Waals surface area contributed by atoms with Crippen LogP contribution in [0.5, 0.6) is 0 Å². The Balaban J connectivity index is 3.62. The molecule has 0 aliphatic heterocycles. The molecule has 0 bridgehead atoms. The van der Waals surface area contributed by atoms with Crippen molar-refractivity contribution in [2.45, 2.75) is 26.3 Å². The summed E-state index contributed by atoms with van der Waals surface area (Å²) in [5.41, 5.74) is 0. The average molecular weight is 246 g/mol. The predicted molar refractivity (Wildman–Crippen MR) is 63.8 cm³/mol. The minimum atomic E-state index is -0.838. The van der Waals surface area contributed by atoms with Crippen molar-refractivity contribution < 1.29 is 19.4 Å². The highest BCUT2D eigenvalue weighted by molar-refractivity contribution is 5.76. The van der Waals surface area contributed by atoms with Crippen molar-refractivity contribution in [1.82, 2.24) is 10.6 Å². The molecule has 0 saturated heterocycles. The molecule has 6 heteroatoms. The molecule has 0 saturated carbocycles. The summed E-state index contributed by atoms with van der Waals surface area (Å²) in [6, 6.07) is -0.153. The first-order valence-electron chi connectivity index (χ1n) is 5.70. The van der Waals surface area contributed by atoms with Crippen molar-refractivity contribution in [1.29, 1.82) is 0 Å². The lowest BCUT2D eigenvalue weighted by Gasteiger charge is -2.17. The van der Waals surface area contributed by atoms with Crippen LogP contribution in [-0.2, 0) is 14.3 Å². The summed E-state index contributed by atoms with van der Waals surface area (Å²) in [6.07, 6.45) is 0.334. The molecule has 0 radical (unpaired) electrons. The number of carbonyl (C=O) groups excluding carboxylic acids is 1. The summed E-state index contributed by atoms with van der Waals surface area (Å²) in [5.74, 6) is -1.37. The third-order valence-electron chi connectivity index (χ3n) is 2.59. The number of carbonyl (C=O) groups is 2. The maximum absolute atomic E-state index is 11.3. The van der Waals surface area contributed by atoms with Gasteiger partial charge < -0.3 is 20.5 Å². The molecule has 3 N–H and O–H groups in total. The lowest BCUT2D eigenvalue weighted by atomic mass is 10.0. The first kappa shape index (κ1) is 15.9. The molecule has 0 aliphatic carbocycles. The summed E-state index contributed by atoms with van der Waals surface area (Å²) in [7, 11) is 1.57. The second-order valence-electron chi connectivity index (χ2n) is 3.96. The van der Waals surface area contributed by atoms with Gasteiger partial charge in [0.2, 0.25) is 5.91 Å². The summed E-state index contributed by atoms with van der Waals surface area (Å²) >= 11 is 0. The SMILES string of the molecule is COCCNC(=O)CCNC(C)C(C)C(=O)O. The maximum atomic E-state index is 11.3. The number of rotatable bonds is 9. The highest BCUT2D eigenvalue weighted by Crippen LogP contribution is 2.01. The number of hydrogen-bond donors (Lipinski definition) is 3. The van der Waals surface area contributed by atoms with Crippen LogP contribution in [0.25, 0.3) is 0 Å². The van der Waals surface area contributed by atoms with Gasteiger partial charge in [0.25, 0.3) is 0 Å². The molecule has 0 aromatic rings. The van der Waals surface area contributed by atoms with Crippen LogP contribution in [0.2, 0.25) is 0 Å². The number of carboxylic acids is 1. The number of aliphatic carboxylic acids is 1. The van der Waals surface area contributed by atoms with Crippen LogP contribution in [0.1, 0.15) is 20.3 Å². The van der Waals surface area contributed by atoms with Gasteiger partial charge in [-0.15, -0.1) is 0 Å². The molecule has 0 fully saturated rings. The fraction of sp³-hybridized carbons (Fsp3) is 0.818. The molecule has 6 nitrogen and oxygen atoms in total. The van der Waals surface area contributed by atoms with Crippen molar-refractivity contribution in [3.63, 3.8) is 0 Å². The van der Waals surface area contributed by atoms with Gasteiger partial charge in [-0.25, -0.2) is 0 Å². The molecule has 100 valence electrons. The van der Waals surface area contributed by atoms with E-state index >= 15 is 0 Å². The van der Waals surface area contributed by atoms with Gasteiger partial charge in [-0.2, -0.15) is 0 Å². The molecule has 2 atom stereocenters. The Morgan fingerprint density at radius 1 is 1.29 bits per heavy atom. The van der Waals surface area contributed by atoms with Crippen LogP contribution in [0, 0.1) is 5.92 Å². The minimum absolute atomic E-state index is 0.0651. The Labute approximate surface area is 102 Å². The van der Waals surface area contributed by atoms with Gasteiger partial charge in [-0.3, -0.25) is 9.59 Å². The highest BCUT2D eigenvalue weighted by Gasteiger charge is 2.18. The number of hydrogen-bond acceptors (Lipinski definition) is 4. The summed E-state index contributed by atoms with van der Waals surface area (Å²) in [4.78, 5) is 22.0. The van der Waals surface area contributed by atoms with Crippen LogP contribution in [0.3, 0.4) is 0 Å². The molecule has 17 heavy (non-hydrogen) atoms. The van der Waals surface area contributed by atoms with Crippen LogP contribution in [0.15, 0.2) is 0 Å². The fourth-order valence-electron chi connectivity index (χ4n) is 1.18. The Hall–Kier alpha value is -1.14. The lowest BCUT2D eigenvalue weighted by Crippen LogP contribution is -2.38. The molecular weight excluding hydrogens is 224 g/mol. The smallest absolute Gasteiger partial charge is 0.307 e. The molecule has 0 aromatic heterocycles. The van der Waals surface area contributed by atoms with E-state index in [1.807, 2.05) is 0 Å². The van der Waals surface area contributed by atoms with E-state index in [1.165, 1.54) is 0 Å². The van der Waals surface area contributed by atoms with Crippen molar-refractivity contribution in [3.05, 3.63) is 0 Å². The minimum Gasteiger partial charge on any atom is -0.481 e. The van der Waals surface area contributed by atoms with Crippen LogP contribution < -0.4 is 10.6 Å². The lowest BCUT2D eigenvalue weighted by molar-refractivity contribution is -0.141. The normalized spacial score (nSPS) is 14.1. The molecule has 0 rings (SSSR count). The molecule has 0 aromatic carbocycles. The second-order valence-corrected chi connectivity index (χ2v) is 3.96. The van der Waals surface area contributed by atoms with E-state index in [4.69, 9.17) is 9.84 Å². The van der Waals surface area contributed by atoms with E-state index in [2.05, 4.69) is 10.6 Å². The van der Waals surface area contributed by atoms with Crippen molar-refractivity contribution in [2.24, 2.45) is 5.92 Å². The summed E-state index contributed by atoms with van der Waals surface area (Å²) < 4.78 is 4.80. The van der Waals surface area contributed by atoms with E-state index in [0.29, 0.717) is 26.1 Å². The van der Waals surface area contributed by atoms with E-state index in [9.17, 15) is 9.59 Å². The molecular formula is C11H22N2O4. The first-order valence-corrected chi connectivity index (χ1v) is 5.70.